The molecule has 4 heteroatoms. The maximum atomic E-state index is 2.73. The fourth-order valence-corrected chi connectivity index (χ4v) is 26.5. The Morgan fingerprint density at radius 3 is 1.42 bits per heavy atom. The van der Waals surface area contributed by atoms with Gasteiger partial charge in [0.05, 0.1) is 0 Å². The molecule has 12 atom stereocenters. The van der Waals surface area contributed by atoms with Gasteiger partial charge in [-0.2, -0.15) is 0 Å². The van der Waals surface area contributed by atoms with Crippen molar-refractivity contribution in [3.8, 4) is 0 Å². The van der Waals surface area contributed by atoms with Gasteiger partial charge in [0.25, 0.3) is 0 Å². The van der Waals surface area contributed by atoms with E-state index in [-0.39, 0.29) is 31.7 Å². The topological polar surface area (TPSA) is 0 Å². The molecule has 0 saturated carbocycles. The van der Waals surface area contributed by atoms with E-state index in [1.54, 1.807) is 5.39 Å². The maximum absolute atomic E-state index is 2.73. The van der Waals surface area contributed by atoms with Gasteiger partial charge in [-0.3, -0.25) is 0 Å². The molecule has 48 heavy (non-hydrogen) atoms. The van der Waals surface area contributed by atoms with Crippen LogP contribution in [0.5, 0.6) is 0 Å². The van der Waals surface area contributed by atoms with E-state index in [2.05, 4.69) is 128 Å². The summed E-state index contributed by atoms with van der Waals surface area (Å²) in [6.07, 6.45) is 8.55. The van der Waals surface area contributed by atoms with Gasteiger partial charge in [-0.05, 0) is 151 Å². The summed E-state index contributed by atoms with van der Waals surface area (Å²) in [4.78, 5) is 0. The molecule has 4 unspecified atom stereocenters. The normalized spacial score (nSPS) is 37.8. The molecule has 4 saturated heterocycles. The molecule has 4 heterocycles. The smallest absolute Gasteiger partial charge is 0.00802 e. The molecule has 0 spiro atoms. The van der Waals surface area contributed by atoms with Crippen LogP contribution < -0.4 is 21.2 Å². The SMILES string of the molecule is C[C@@H]1CC[C@@H](C)P1c1cc2ccccc2cc1P1[C@H](C)CC(C2C[C@@H](C)P(c3c(P4[C@H](C)CC[C@H]4C)ccc4ccccc34)[C@@H]2C)[C@H]1C. The molecule has 4 aromatic carbocycles. The zero-order valence-electron chi connectivity index (χ0n) is 30.7. The van der Waals surface area contributed by atoms with E-state index in [1.165, 1.54) is 54.7 Å². The third-order valence-corrected chi connectivity index (χ3v) is 27.4. The molecule has 0 N–H and O–H groups in total. The van der Waals surface area contributed by atoms with Gasteiger partial charge in [0, 0.05) is 0 Å². The largest absolute Gasteiger partial charge is 0.0688 e. The highest BCUT2D eigenvalue weighted by Gasteiger charge is 2.51. The fourth-order valence-electron chi connectivity index (χ4n) is 11.3. The fraction of sp³-hybridized carbons (Fsp3) is 0.545. The Labute approximate surface area is 297 Å². The third kappa shape index (κ3) is 5.70. The van der Waals surface area contributed by atoms with Crippen LogP contribution in [0.2, 0.25) is 0 Å². The highest BCUT2D eigenvalue weighted by atomic mass is 31.1. The van der Waals surface area contributed by atoms with Gasteiger partial charge < -0.3 is 0 Å². The number of hydrogen-bond acceptors (Lipinski definition) is 0. The molecule has 4 aliphatic heterocycles. The minimum absolute atomic E-state index is 0.0984. The first-order valence-corrected chi connectivity index (χ1v) is 25.2. The van der Waals surface area contributed by atoms with Gasteiger partial charge in [-0.15, -0.1) is 0 Å². The zero-order valence-corrected chi connectivity index (χ0v) is 34.3. The zero-order chi connectivity index (χ0) is 33.4. The van der Waals surface area contributed by atoms with Crippen LogP contribution in [0.4, 0.5) is 0 Å². The lowest BCUT2D eigenvalue weighted by atomic mass is 9.82. The lowest BCUT2D eigenvalue weighted by Crippen LogP contribution is -2.32. The number of rotatable bonds is 5. The second-order valence-corrected chi connectivity index (χ2v) is 28.6. The van der Waals surface area contributed by atoms with Crippen molar-refractivity contribution in [3.63, 3.8) is 0 Å². The predicted molar refractivity (Wildman–Crippen MR) is 224 cm³/mol. The van der Waals surface area contributed by atoms with Crippen molar-refractivity contribution in [2.75, 3.05) is 0 Å². The molecule has 8 rings (SSSR count). The summed E-state index contributed by atoms with van der Waals surface area (Å²) in [5, 5.41) is 13.3. The van der Waals surface area contributed by atoms with Crippen molar-refractivity contribution in [2.45, 2.75) is 139 Å². The van der Waals surface area contributed by atoms with Crippen LogP contribution in [0, 0.1) is 11.8 Å². The molecule has 0 bridgehead atoms. The van der Waals surface area contributed by atoms with Gasteiger partial charge in [-0.1, -0.05) is 148 Å². The first-order valence-electron chi connectivity index (χ1n) is 19.3. The first kappa shape index (κ1) is 34.2. The van der Waals surface area contributed by atoms with Crippen LogP contribution in [0.3, 0.4) is 0 Å². The second-order valence-electron chi connectivity index (χ2n) is 16.5. The van der Waals surface area contributed by atoms with Crippen molar-refractivity contribution in [2.24, 2.45) is 11.8 Å². The molecule has 254 valence electrons. The van der Waals surface area contributed by atoms with Crippen LogP contribution in [-0.2, 0) is 0 Å². The Bertz CT molecular complexity index is 1780. The van der Waals surface area contributed by atoms with Crippen LogP contribution >= 0.6 is 31.7 Å². The molecule has 4 aliphatic rings. The lowest BCUT2D eigenvalue weighted by molar-refractivity contribution is 0.318. The minimum Gasteiger partial charge on any atom is -0.0688 e. The van der Waals surface area contributed by atoms with E-state index in [4.69, 9.17) is 0 Å². The van der Waals surface area contributed by atoms with E-state index in [0.29, 0.717) is 0 Å². The highest BCUT2D eigenvalue weighted by Crippen LogP contribution is 2.68. The van der Waals surface area contributed by atoms with Crippen molar-refractivity contribution in [3.05, 3.63) is 72.8 Å². The number of fused-ring (bicyclic) bond motifs is 2. The Morgan fingerprint density at radius 2 is 0.854 bits per heavy atom. The van der Waals surface area contributed by atoms with Crippen LogP contribution in [0.25, 0.3) is 21.5 Å². The average Bonchev–Trinajstić information content (AvgIpc) is 3.78. The summed E-state index contributed by atoms with van der Waals surface area (Å²) in [6.45, 7) is 21.1. The summed E-state index contributed by atoms with van der Waals surface area (Å²) < 4.78 is 0. The predicted octanol–water partition coefficient (Wildman–Crippen LogP) is 11.9. The standard InChI is InChI=1S/C44H58P4/c1-27-17-18-28(2)45(27)41-22-21-35-13-11-12-16-38(35)44(41)48-32(6)24-40(34(48)8)39-23-31(5)47(33(39)7)43-26-37-15-10-9-14-36(37)25-42(43)46-29(3)19-20-30(46)4/h9-16,21-22,25-34,39-40H,17-20,23-24H2,1-8H3/t27-,28-,29-,30-,31-,32-,33-,34-,39?,40?,47?,48?/m1/s1. The number of hydrogen-bond donors (Lipinski definition) is 0. The van der Waals surface area contributed by atoms with Gasteiger partial charge in [0.15, 0.2) is 0 Å². The van der Waals surface area contributed by atoms with Crippen LogP contribution in [0.15, 0.2) is 72.8 Å². The summed E-state index contributed by atoms with van der Waals surface area (Å²) in [7, 11) is -0.612. The van der Waals surface area contributed by atoms with Crippen molar-refractivity contribution in [1.29, 1.82) is 0 Å². The van der Waals surface area contributed by atoms with Crippen molar-refractivity contribution >= 4 is 74.4 Å². The maximum Gasteiger partial charge on any atom is -0.00802 e. The van der Waals surface area contributed by atoms with Crippen molar-refractivity contribution in [1.82, 2.24) is 0 Å². The monoisotopic (exact) mass is 710 g/mol. The first-order chi connectivity index (χ1) is 23.1. The molecule has 4 fully saturated rings. The van der Waals surface area contributed by atoms with Crippen molar-refractivity contribution < 1.29 is 0 Å². The lowest BCUT2D eigenvalue weighted by Gasteiger charge is -2.34. The molecule has 4 aromatic rings. The van der Waals surface area contributed by atoms with Gasteiger partial charge >= 0.3 is 0 Å². The summed E-state index contributed by atoms with van der Waals surface area (Å²) in [5.74, 6) is 1.71. The molecular weight excluding hydrogens is 652 g/mol. The molecule has 0 aliphatic carbocycles. The third-order valence-electron chi connectivity index (χ3n) is 13.6. The molecule has 0 nitrogen and oxygen atoms in total. The van der Waals surface area contributed by atoms with E-state index >= 15 is 0 Å². The number of benzene rings is 4. The molecule has 0 aromatic heterocycles. The van der Waals surface area contributed by atoms with Crippen LogP contribution in [-0.4, -0.2) is 45.3 Å². The Morgan fingerprint density at radius 1 is 0.417 bits per heavy atom. The van der Waals surface area contributed by atoms with Gasteiger partial charge in [0.1, 0.15) is 0 Å². The average molecular weight is 711 g/mol. The van der Waals surface area contributed by atoms with E-state index in [0.717, 1.165) is 57.1 Å². The van der Waals surface area contributed by atoms with E-state index in [1.807, 2.05) is 21.2 Å². The van der Waals surface area contributed by atoms with E-state index < -0.39 is 0 Å². The Hall–Kier alpha value is -0.880. The summed E-state index contributed by atoms with van der Waals surface area (Å²) in [5.41, 5.74) is 6.65. The molecule has 0 radical (unpaired) electrons. The quantitative estimate of drug-likeness (QED) is 0.181. The summed E-state index contributed by atoms with van der Waals surface area (Å²) >= 11 is 0. The van der Waals surface area contributed by atoms with Crippen LogP contribution in [0.1, 0.15) is 93.9 Å². The Kier molecular flexibility index (Phi) is 9.69. The van der Waals surface area contributed by atoms with Gasteiger partial charge in [-0.25, -0.2) is 0 Å². The second kappa shape index (κ2) is 13.6. The molecule has 0 amide bonds. The molecular formula is C44H58P4. The van der Waals surface area contributed by atoms with E-state index in [9.17, 15) is 0 Å². The minimum atomic E-state index is -0.217. The summed E-state index contributed by atoms with van der Waals surface area (Å²) in [6, 6.07) is 29.3. The van der Waals surface area contributed by atoms with Gasteiger partial charge in [0.2, 0.25) is 0 Å². The highest BCUT2D eigenvalue weighted by molar-refractivity contribution is 7.74. The Balaban J connectivity index is 1.17.